The lowest BCUT2D eigenvalue weighted by Gasteiger charge is -2.15. The molecule has 5 heteroatoms. The second kappa shape index (κ2) is 7.87. The number of anilines is 1. The maximum Gasteiger partial charge on any atom is 0.293 e. The first-order chi connectivity index (χ1) is 8.72. The fourth-order valence-electron chi connectivity index (χ4n) is 1.91. The van der Waals surface area contributed by atoms with Gasteiger partial charge in [-0.3, -0.25) is 4.79 Å². The smallest absolute Gasteiger partial charge is 0.293 e. The van der Waals surface area contributed by atoms with Gasteiger partial charge in [0.1, 0.15) is 0 Å². The Bertz CT molecular complexity index is 402. The summed E-state index contributed by atoms with van der Waals surface area (Å²) in [7, 11) is 0. The minimum Gasteiger partial charge on any atom is -0.365 e. The molecule has 0 aliphatic carbocycles. The van der Waals surface area contributed by atoms with Crippen LogP contribution in [0.5, 0.6) is 0 Å². The van der Waals surface area contributed by atoms with E-state index in [1.54, 1.807) is 17.0 Å². The van der Waals surface area contributed by atoms with Crippen LogP contribution in [0.25, 0.3) is 0 Å². The molecule has 1 aromatic rings. The van der Waals surface area contributed by atoms with E-state index in [0.29, 0.717) is 18.3 Å². The molecule has 0 spiro atoms. The molecule has 5 nitrogen and oxygen atoms in total. The first-order valence-electron chi connectivity index (χ1n) is 6.72. The highest BCUT2D eigenvalue weighted by Crippen LogP contribution is 2.07. The zero-order valence-electron chi connectivity index (χ0n) is 11.4. The van der Waals surface area contributed by atoms with Crippen LogP contribution in [0.15, 0.2) is 17.2 Å². The van der Waals surface area contributed by atoms with E-state index >= 15 is 0 Å². The number of aromatic nitrogens is 2. The van der Waals surface area contributed by atoms with Gasteiger partial charge in [-0.2, -0.15) is 0 Å². The predicted octanol–water partition coefficient (Wildman–Crippen LogP) is 1.44. The molecular formula is C13H24N4O. The van der Waals surface area contributed by atoms with Crippen molar-refractivity contribution in [1.29, 1.82) is 0 Å². The van der Waals surface area contributed by atoms with E-state index in [4.69, 9.17) is 5.73 Å². The molecule has 102 valence electrons. The summed E-state index contributed by atoms with van der Waals surface area (Å²) in [5.41, 5.74) is 5.52. The Morgan fingerprint density at radius 1 is 1.50 bits per heavy atom. The van der Waals surface area contributed by atoms with Crippen LogP contribution in [-0.4, -0.2) is 22.6 Å². The Morgan fingerprint density at radius 3 is 2.89 bits per heavy atom. The summed E-state index contributed by atoms with van der Waals surface area (Å²) in [6.45, 7) is 6.36. The number of nitrogens with zero attached hydrogens (tertiary/aromatic N) is 2. The quantitative estimate of drug-likeness (QED) is 0.734. The third-order valence-corrected chi connectivity index (χ3v) is 3.09. The first-order valence-corrected chi connectivity index (χ1v) is 6.72. The SMILES string of the molecule is CCCn1ccnc(NCC(CC)CCN)c1=O. The minimum atomic E-state index is -0.0399. The van der Waals surface area contributed by atoms with Crippen molar-refractivity contribution in [2.24, 2.45) is 11.7 Å². The van der Waals surface area contributed by atoms with Crippen LogP contribution in [-0.2, 0) is 6.54 Å². The maximum atomic E-state index is 12.0. The molecule has 1 heterocycles. The molecule has 0 saturated heterocycles. The summed E-state index contributed by atoms with van der Waals surface area (Å²) in [6, 6.07) is 0. The Balaban J connectivity index is 2.67. The van der Waals surface area contributed by atoms with Crippen LogP contribution in [0, 0.1) is 5.92 Å². The highest BCUT2D eigenvalue weighted by atomic mass is 16.1. The highest BCUT2D eigenvalue weighted by molar-refractivity contribution is 5.30. The monoisotopic (exact) mass is 252 g/mol. The number of hydrogen-bond acceptors (Lipinski definition) is 4. The number of hydrogen-bond donors (Lipinski definition) is 2. The lowest BCUT2D eigenvalue weighted by Crippen LogP contribution is -2.27. The molecule has 18 heavy (non-hydrogen) atoms. The Morgan fingerprint density at radius 2 is 2.28 bits per heavy atom. The van der Waals surface area contributed by atoms with Crippen LogP contribution in [0.2, 0.25) is 0 Å². The molecule has 0 fully saturated rings. The van der Waals surface area contributed by atoms with E-state index in [-0.39, 0.29) is 5.56 Å². The van der Waals surface area contributed by atoms with Crippen molar-refractivity contribution < 1.29 is 0 Å². The van der Waals surface area contributed by atoms with E-state index in [1.807, 2.05) is 6.92 Å². The van der Waals surface area contributed by atoms with Crippen molar-refractivity contribution >= 4 is 5.82 Å². The second-order valence-corrected chi connectivity index (χ2v) is 4.51. The van der Waals surface area contributed by atoms with Gasteiger partial charge in [-0.25, -0.2) is 4.98 Å². The van der Waals surface area contributed by atoms with Crippen molar-refractivity contribution in [2.75, 3.05) is 18.4 Å². The van der Waals surface area contributed by atoms with Crippen molar-refractivity contribution in [3.8, 4) is 0 Å². The van der Waals surface area contributed by atoms with E-state index in [1.165, 1.54) is 0 Å². The molecule has 0 radical (unpaired) electrons. The van der Waals surface area contributed by atoms with Gasteiger partial charge in [0.15, 0.2) is 5.82 Å². The lowest BCUT2D eigenvalue weighted by atomic mass is 10.0. The molecule has 0 aromatic carbocycles. The van der Waals surface area contributed by atoms with E-state index in [0.717, 1.165) is 32.4 Å². The fraction of sp³-hybridized carbons (Fsp3) is 0.692. The number of nitrogens with one attached hydrogen (secondary N) is 1. The molecule has 1 rings (SSSR count). The van der Waals surface area contributed by atoms with Gasteiger partial charge in [0.25, 0.3) is 5.56 Å². The molecule has 0 aliphatic heterocycles. The fourth-order valence-corrected chi connectivity index (χ4v) is 1.91. The summed E-state index contributed by atoms with van der Waals surface area (Å²) in [5, 5.41) is 3.15. The van der Waals surface area contributed by atoms with Crippen LogP contribution >= 0.6 is 0 Å². The highest BCUT2D eigenvalue weighted by Gasteiger charge is 2.08. The van der Waals surface area contributed by atoms with Crippen molar-refractivity contribution in [1.82, 2.24) is 9.55 Å². The Kier molecular flexibility index (Phi) is 6.43. The van der Waals surface area contributed by atoms with Gasteiger partial charge in [0, 0.05) is 25.5 Å². The number of nitrogens with two attached hydrogens (primary N) is 1. The minimum absolute atomic E-state index is 0.0399. The van der Waals surface area contributed by atoms with Gasteiger partial charge in [0.2, 0.25) is 0 Å². The van der Waals surface area contributed by atoms with Crippen molar-refractivity contribution in [3.63, 3.8) is 0 Å². The number of rotatable bonds is 8. The number of aryl methyl sites for hydroxylation is 1. The Hall–Kier alpha value is -1.36. The summed E-state index contributed by atoms with van der Waals surface area (Å²) in [4.78, 5) is 16.1. The van der Waals surface area contributed by atoms with Gasteiger partial charge < -0.3 is 15.6 Å². The standard InChI is InChI=1S/C13H24N4O/c1-3-8-17-9-7-15-12(13(17)18)16-10-11(4-2)5-6-14/h7,9,11H,3-6,8,10,14H2,1-2H3,(H,15,16). The molecule has 1 aromatic heterocycles. The molecule has 0 bridgehead atoms. The lowest BCUT2D eigenvalue weighted by molar-refractivity contribution is 0.500. The van der Waals surface area contributed by atoms with Crippen LogP contribution in [0.3, 0.4) is 0 Å². The molecule has 0 aliphatic rings. The average Bonchev–Trinajstić information content (AvgIpc) is 2.38. The van der Waals surface area contributed by atoms with Crippen LogP contribution in [0.1, 0.15) is 33.1 Å². The van der Waals surface area contributed by atoms with E-state index in [2.05, 4.69) is 17.2 Å². The average molecular weight is 252 g/mol. The Labute approximate surface area is 108 Å². The van der Waals surface area contributed by atoms with Crippen LogP contribution < -0.4 is 16.6 Å². The zero-order valence-corrected chi connectivity index (χ0v) is 11.4. The topological polar surface area (TPSA) is 72.9 Å². The summed E-state index contributed by atoms with van der Waals surface area (Å²) < 4.78 is 1.69. The molecule has 1 atom stereocenters. The zero-order chi connectivity index (χ0) is 13.4. The molecule has 1 unspecified atom stereocenters. The van der Waals surface area contributed by atoms with Gasteiger partial charge in [-0.15, -0.1) is 0 Å². The van der Waals surface area contributed by atoms with Crippen LogP contribution in [0.4, 0.5) is 5.82 Å². The van der Waals surface area contributed by atoms with Gasteiger partial charge in [0.05, 0.1) is 0 Å². The third kappa shape index (κ3) is 4.14. The van der Waals surface area contributed by atoms with Gasteiger partial charge >= 0.3 is 0 Å². The normalized spacial score (nSPS) is 12.4. The van der Waals surface area contributed by atoms with E-state index < -0.39 is 0 Å². The third-order valence-electron chi connectivity index (χ3n) is 3.09. The molecular weight excluding hydrogens is 228 g/mol. The van der Waals surface area contributed by atoms with Crippen molar-refractivity contribution in [2.45, 2.75) is 39.7 Å². The largest absolute Gasteiger partial charge is 0.365 e. The second-order valence-electron chi connectivity index (χ2n) is 4.51. The first kappa shape index (κ1) is 14.7. The van der Waals surface area contributed by atoms with E-state index in [9.17, 15) is 4.79 Å². The van der Waals surface area contributed by atoms with Crippen molar-refractivity contribution in [3.05, 3.63) is 22.7 Å². The molecule has 0 saturated carbocycles. The summed E-state index contributed by atoms with van der Waals surface area (Å²) in [5.74, 6) is 0.942. The maximum absolute atomic E-state index is 12.0. The molecule has 0 amide bonds. The molecule has 3 N–H and O–H groups in total. The summed E-state index contributed by atoms with van der Waals surface area (Å²) >= 11 is 0. The summed E-state index contributed by atoms with van der Waals surface area (Å²) in [6.07, 6.45) is 6.37. The van der Waals surface area contributed by atoms with Gasteiger partial charge in [-0.1, -0.05) is 20.3 Å². The predicted molar refractivity (Wildman–Crippen MR) is 74.7 cm³/mol. The van der Waals surface area contributed by atoms with Gasteiger partial charge in [-0.05, 0) is 25.3 Å².